The lowest BCUT2D eigenvalue weighted by molar-refractivity contribution is -0.150. The number of aliphatic carboxylic acids is 1. The molecule has 2 atom stereocenters. The molecule has 0 aromatic rings. The molecule has 0 aliphatic carbocycles. The van der Waals surface area contributed by atoms with Gasteiger partial charge in [0.1, 0.15) is 5.70 Å². The van der Waals surface area contributed by atoms with Crippen LogP contribution in [0.4, 0.5) is 0 Å². The highest BCUT2D eigenvalue weighted by atomic mass is 16.4. The van der Waals surface area contributed by atoms with Crippen LogP contribution in [0.1, 0.15) is 19.8 Å². The number of aliphatic hydroxyl groups excluding tert-OH is 1. The maximum absolute atomic E-state index is 11.3. The Morgan fingerprint density at radius 1 is 1.73 bits per heavy atom. The van der Waals surface area contributed by atoms with Crippen LogP contribution in [-0.4, -0.2) is 39.6 Å². The van der Waals surface area contributed by atoms with E-state index in [-0.39, 0.29) is 24.3 Å². The van der Waals surface area contributed by atoms with Gasteiger partial charge in [-0.05, 0) is 12.5 Å². The molecule has 82 valence electrons. The second-order valence-corrected chi connectivity index (χ2v) is 4.30. The first-order chi connectivity index (χ1) is 6.99. The van der Waals surface area contributed by atoms with Gasteiger partial charge in [0.25, 0.3) is 0 Å². The molecule has 2 N–H and O–H groups in total. The monoisotopic (exact) mass is 211 g/mol. The summed E-state index contributed by atoms with van der Waals surface area (Å²) in [6.07, 6.45) is 2.46. The summed E-state index contributed by atoms with van der Waals surface area (Å²) in [5, 5.41) is 17.9. The van der Waals surface area contributed by atoms with Gasteiger partial charge < -0.3 is 15.1 Å². The minimum absolute atomic E-state index is 0.00156. The highest BCUT2D eigenvalue weighted by Crippen LogP contribution is 2.47. The van der Waals surface area contributed by atoms with E-state index in [1.54, 1.807) is 6.08 Å². The van der Waals surface area contributed by atoms with Gasteiger partial charge in [-0.25, -0.2) is 4.79 Å². The van der Waals surface area contributed by atoms with E-state index >= 15 is 0 Å². The molecular weight excluding hydrogens is 198 g/mol. The quantitative estimate of drug-likeness (QED) is 0.642. The molecular formula is C10H13NO4. The minimum atomic E-state index is -1.07. The van der Waals surface area contributed by atoms with Crippen LogP contribution in [0.3, 0.4) is 0 Å². The molecule has 1 amide bonds. The summed E-state index contributed by atoms with van der Waals surface area (Å²) in [5.74, 6) is -1.22. The number of fused-ring (bicyclic) bond motifs is 1. The van der Waals surface area contributed by atoms with Crippen molar-refractivity contribution >= 4 is 11.9 Å². The summed E-state index contributed by atoms with van der Waals surface area (Å²) in [7, 11) is 0. The third-order valence-corrected chi connectivity index (χ3v) is 3.31. The standard InChI is InChI=1S/C10H13NO4/c1-10(2-3-12)5-6(9(14)15)11-7(10)4-8(11)13/h5,7,12H,2-4H2,1H3,(H,14,15)/t7-,10-/m1/s1. The maximum Gasteiger partial charge on any atom is 0.352 e. The van der Waals surface area contributed by atoms with E-state index in [4.69, 9.17) is 10.2 Å². The Morgan fingerprint density at radius 2 is 2.40 bits per heavy atom. The predicted molar refractivity (Wildman–Crippen MR) is 50.8 cm³/mol. The highest BCUT2D eigenvalue weighted by Gasteiger charge is 2.54. The summed E-state index contributed by atoms with van der Waals surface area (Å²) in [4.78, 5) is 23.5. The number of nitrogens with zero attached hydrogens (tertiary/aromatic N) is 1. The fraction of sp³-hybridized carbons (Fsp3) is 0.600. The van der Waals surface area contributed by atoms with Gasteiger partial charge in [0.05, 0.1) is 6.04 Å². The number of aliphatic hydroxyl groups is 1. The van der Waals surface area contributed by atoms with Gasteiger partial charge in [-0.2, -0.15) is 0 Å². The number of amides is 1. The molecule has 1 saturated heterocycles. The van der Waals surface area contributed by atoms with Crippen LogP contribution in [0, 0.1) is 5.41 Å². The molecule has 0 radical (unpaired) electrons. The average molecular weight is 211 g/mol. The molecule has 0 spiro atoms. The summed E-state index contributed by atoms with van der Waals surface area (Å²) in [6.45, 7) is 1.88. The Hall–Kier alpha value is -1.36. The lowest BCUT2D eigenvalue weighted by Gasteiger charge is -2.43. The first-order valence-corrected chi connectivity index (χ1v) is 4.88. The normalized spacial score (nSPS) is 33.5. The third-order valence-electron chi connectivity index (χ3n) is 3.31. The second kappa shape index (κ2) is 3.06. The minimum Gasteiger partial charge on any atom is -0.477 e. The van der Waals surface area contributed by atoms with Crippen molar-refractivity contribution in [2.24, 2.45) is 5.41 Å². The van der Waals surface area contributed by atoms with Crippen molar-refractivity contribution in [3.63, 3.8) is 0 Å². The number of β-lactam (4-membered cyclic amide) rings is 1. The van der Waals surface area contributed by atoms with Crippen molar-refractivity contribution in [2.45, 2.75) is 25.8 Å². The van der Waals surface area contributed by atoms with Gasteiger partial charge in [-0.1, -0.05) is 6.92 Å². The lowest BCUT2D eigenvalue weighted by Crippen LogP contribution is -2.55. The van der Waals surface area contributed by atoms with Crippen molar-refractivity contribution in [2.75, 3.05) is 6.61 Å². The summed E-state index contributed by atoms with van der Waals surface area (Å²) in [5.41, 5.74) is -0.330. The van der Waals surface area contributed by atoms with E-state index in [2.05, 4.69) is 0 Å². The summed E-state index contributed by atoms with van der Waals surface area (Å²) >= 11 is 0. The van der Waals surface area contributed by atoms with Crippen LogP contribution < -0.4 is 0 Å². The van der Waals surface area contributed by atoms with E-state index in [1.807, 2.05) is 6.92 Å². The Balaban J connectivity index is 2.31. The van der Waals surface area contributed by atoms with E-state index in [9.17, 15) is 9.59 Å². The van der Waals surface area contributed by atoms with Crippen LogP contribution in [0.25, 0.3) is 0 Å². The summed E-state index contributed by atoms with van der Waals surface area (Å²) < 4.78 is 0. The molecule has 0 saturated carbocycles. The van der Waals surface area contributed by atoms with Gasteiger partial charge in [-0.15, -0.1) is 0 Å². The van der Waals surface area contributed by atoms with Crippen LogP contribution in [0.5, 0.6) is 0 Å². The first kappa shape index (κ1) is 10.2. The molecule has 2 aliphatic rings. The Labute approximate surface area is 87.0 Å². The summed E-state index contributed by atoms with van der Waals surface area (Å²) in [6, 6.07) is -0.0803. The Kier molecular flexibility index (Phi) is 2.08. The van der Waals surface area contributed by atoms with E-state index in [0.717, 1.165) is 0 Å². The van der Waals surface area contributed by atoms with Gasteiger partial charge in [0.15, 0.2) is 0 Å². The smallest absolute Gasteiger partial charge is 0.352 e. The Morgan fingerprint density at radius 3 is 2.80 bits per heavy atom. The number of rotatable bonds is 3. The molecule has 0 bridgehead atoms. The van der Waals surface area contributed by atoms with Gasteiger partial charge in [-0.3, -0.25) is 4.79 Å². The number of carboxylic acid groups (broad SMARTS) is 1. The van der Waals surface area contributed by atoms with Crippen molar-refractivity contribution in [3.05, 3.63) is 11.8 Å². The zero-order chi connectivity index (χ0) is 11.2. The SMILES string of the molecule is C[C@@]1(CCO)C=C(C(=O)O)N2C(=O)C[C@@H]21. The number of carbonyl (C=O) groups excluding carboxylic acids is 1. The predicted octanol–water partition coefficient (Wildman–Crippen LogP) is -0.0419. The zero-order valence-electron chi connectivity index (χ0n) is 8.43. The van der Waals surface area contributed by atoms with Crippen LogP contribution >= 0.6 is 0 Å². The molecule has 2 rings (SSSR count). The highest BCUT2D eigenvalue weighted by molar-refractivity contribution is 5.97. The topological polar surface area (TPSA) is 77.8 Å². The van der Waals surface area contributed by atoms with Gasteiger partial charge in [0.2, 0.25) is 5.91 Å². The molecule has 2 aliphatic heterocycles. The number of hydrogen-bond donors (Lipinski definition) is 2. The maximum atomic E-state index is 11.3. The molecule has 2 heterocycles. The van der Waals surface area contributed by atoms with Crippen molar-refractivity contribution < 1.29 is 19.8 Å². The van der Waals surface area contributed by atoms with E-state index in [1.165, 1.54) is 4.90 Å². The van der Waals surface area contributed by atoms with Crippen molar-refractivity contribution in [1.82, 2.24) is 4.90 Å². The first-order valence-electron chi connectivity index (χ1n) is 4.88. The third kappa shape index (κ3) is 1.26. The lowest BCUT2D eigenvalue weighted by atomic mass is 9.76. The molecule has 1 fully saturated rings. The molecule has 5 nitrogen and oxygen atoms in total. The molecule has 5 heteroatoms. The fourth-order valence-corrected chi connectivity index (χ4v) is 2.37. The number of carboxylic acids is 1. The van der Waals surface area contributed by atoms with Crippen molar-refractivity contribution in [3.8, 4) is 0 Å². The van der Waals surface area contributed by atoms with Crippen LogP contribution in [0.2, 0.25) is 0 Å². The fourth-order valence-electron chi connectivity index (χ4n) is 2.37. The molecule has 0 unspecified atom stereocenters. The molecule has 15 heavy (non-hydrogen) atoms. The number of carbonyl (C=O) groups is 2. The number of hydrogen-bond acceptors (Lipinski definition) is 3. The van der Waals surface area contributed by atoms with Gasteiger partial charge in [0, 0.05) is 18.4 Å². The largest absolute Gasteiger partial charge is 0.477 e. The Bertz CT molecular complexity index is 362. The van der Waals surface area contributed by atoms with E-state index in [0.29, 0.717) is 12.8 Å². The van der Waals surface area contributed by atoms with Crippen LogP contribution in [-0.2, 0) is 9.59 Å². The van der Waals surface area contributed by atoms with Crippen molar-refractivity contribution in [1.29, 1.82) is 0 Å². The second-order valence-electron chi connectivity index (χ2n) is 4.30. The zero-order valence-corrected chi connectivity index (χ0v) is 8.43. The van der Waals surface area contributed by atoms with Crippen LogP contribution in [0.15, 0.2) is 11.8 Å². The molecule has 0 aromatic heterocycles. The van der Waals surface area contributed by atoms with Gasteiger partial charge >= 0.3 is 5.97 Å². The molecule has 0 aromatic carbocycles. The van der Waals surface area contributed by atoms with E-state index < -0.39 is 11.4 Å². The average Bonchev–Trinajstić information content (AvgIpc) is 2.35.